The van der Waals surface area contributed by atoms with Crippen LogP contribution in [0.25, 0.3) is 0 Å². The molecule has 0 aromatic carbocycles. The number of nitrogens with one attached hydrogen (secondary N) is 1. The number of halogens is 1. The van der Waals surface area contributed by atoms with Crippen LogP contribution in [0.15, 0.2) is 69.4 Å². The number of ether oxygens (including phenoxy) is 2. The van der Waals surface area contributed by atoms with E-state index < -0.39 is 0 Å². The Morgan fingerprint density at radius 3 is 2.64 bits per heavy atom. The SMILES string of the molecule is CCC1C=C(OC)C2=C(CC=C3C=CCC4=C3C2=C(OC)NC4)C1.I. The maximum Gasteiger partial charge on any atom is 0.195 e. The van der Waals surface area contributed by atoms with Gasteiger partial charge in [-0.1, -0.05) is 30.7 Å². The number of methoxy groups -OCH3 is 2. The van der Waals surface area contributed by atoms with Gasteiger partial charge in [0.25, 0.3) is 0 Å². The summed E-state index contributed by atoms with van der Waals surface area (Å²) < 4.78 is 11.6. The smallest absolute Gasteiger partial charge is 0.195 e. The molecule has 0 radical (unpaired) electrons. The van der Waals surface area contributed by atoms with E-state index >= 15 is 0 Å². The van der Waals surface area contributed by atoms with Crippen molar-refractivity contribution in [2.75, 3.05) is 20.8 Å². The van der Waals surface area contributed by atoms with Gasteiger partial charge in [-0.05, 0) is 54.4 Å². The molecule has 4 aliphatic rings. The van der Waals surface area contributed by atoms with Crippen LogP contribution in [0, 0.1) is 5.92 Å². The molecule has 4 heteroatoms. The first kappa shape index (κ1) is 18.4. The van der Waals surface area contributed by atoms with Crippen molar-refractivity contribution in [1.29, 1.82) is 0 Å². The molecule has 1 aliphatic heterocycles. The molecule has 134 valence electrons. The van der Waals surface area contributed by atoms with Gasteiger partial charge in [0.15, 0.2) is 5.88 Å². The van der Waals surface area contributed by atoms with Crippen LogP contribution < -0.4 is 5.32 Å². The largest absolute Gasteiger partial charge is 0.496 e. The van der Waals surface area contributed by atoms with E-state index in [1.807, 2.05) is 0 Å². The van der Waals surface area contributed by atoms with Crippen molar-refractivity contribution in [2.45, 2.75) is 32.6 Å². The van der Waals surface area contributed by atoms with Crippen LogP contribution in [0.4, 0.5) is 0 Å². The molecule has 0 saturated carbocycles. The zero-order valence-corrected chi connectivity index (χ0v) is 17.5. The Morgan fingerprint density at radius 1 is 1.08 bits per heavy atom. The molecule has 0 spiro atoms. The van der Waals surface area contributed by atoms with Gasteiger partial charge < -0.3 is 14.8 Å². The van der Waals surface area contributed by atoms with Gasteiger partial charge in [-0.2, -0.15) is 0 Å². The molecule has 0 bridgehead atoms. The van der Waals surface area contributed by atoms with E-state index in [0.717, 1.165) is 43.9 Å². The minimum Gasteiger partial charge on any atom is -0.496 e. The highest BCUT2D eigenvalue weighted by Gasteiger charge is 2.35. The van der Waals surface area contributed by atoms with Gasteiger partial charge in [-0.15, -0.1) is 24.0 Å². The van der Waals surface area contributed by atoms with Crippen molar-refractivity contribution < 1.29 is 9.47 Å². The van der Waals surface area contributed by atoms with Crippen LogP contribution in [0.1, 0.15) is 32.6 Å². The van der Waals surface area contributed by atoms with E-state index in [2.05, 4.69) is 36.5 Å². The molecule has 0 amide bonds. The van der Waals surface area contributed by atoms with E-state index in [4.69, 9.17) is 9.47 Å². The van der Waals surface area contributed by atoms with Gasteiger partial charge in [0.2, 0.25) is 0 Å². The molecule has 0 saturated heterocycles. The molecular weight excluding hydrogens is 425 g/mol. The zero-order valence-electron chi connectivity index (χ0n) is 15.1. The fourth-order valence-corrected chi connectivity index (χ4v) is 4.27. The number of allylic oxidation sites excluding steroid dienone is 8. The molecule has 1 heterocycles. The monoisotopic (exact) mass is 451 g/mol. The molecule has 1 atom stereocenters. The molecule has 25 heavy (non-hydrogen) atoms. The lowest BCUT2D eigenvalue weighted by atomic mass is 9.79. The summed E-state index contributed by atoms with van der Waals surface area (Å²) in [6.45, 7) is 3.11. The van der Waals surface area contributed by atoms with Crippen molar-refractivity contribution in [3.05, 3.63) is 69.4 Å². The van der Waals surface area contributed by atoms with Crippen LogP contribution >= 0.6 is 24.0 Å². The Kier molecular flexibility index (Phi) is 5.46. The maximum atomic E-state index is 5.83. The number of fused-ring (bicyclic) bond motifs is 1. The minimum absolute atomic E-state index is 0. The Labute approximate surface area is 167 Å². The Hall–Kier alpha value is -1.43. The average molecular weight is 451 g/mol. The molecule has 3 aliphatic carbocycles. The second-order valence-electron chi connectivity index (χ2n) is 6.80. The fraction of sp³-hybridized carbons (Fsp3) is 0.429. The van der Waals surface area contributed by atoms with E-state index in [-0.39, 0.29) is 24.0 Å². The quantitative estimate of drug-likeness (QED) is 0.619. The van der Waals surface area contributed by atoms with Crippen LogP contribution in [-0.4, -0.2) is 20.8 Å². The van der Waals surface area contributed by atoms with Crippen LogP contribution in [0.3, 0.4) is 0 Å². The number of hydrogen-bond acceptors (Lipinski definition) is 3. The van der Waals surface area contributed by atoms with Crippen molar-refractivity contribution in [2.24, 2.45) is 5.92 Å². The van der Waals surface area contributed by atoms with E-state index in [1.165, 1.54) is 33.4 Å². The lowest BCUT2D eigenvalue weighted by Crippen LogP contribution is -2.28. The third-order valence-corrected chi connectivity index (χ3v) is 5.51. The molecule has 3 nitrogen and oxygen atoms in total. The summed E-state index contributed by atoms with van der Waals surface area (Å²) in [6, 6.07) is 0. The third-order valence-electron chi connectivity index (χ3n) is 5.51. The first-order valence-corrected chi connectivity index (χ1v) is 8.87. The van der Waals surface area contributed by atoms with Gasteiger partial charge in [-0.25, -0.2) is 0 Å². The van der Waals surface area contributed by atoms with E-state index in [1.54, 1.807) is 14.2 Å². The predicted octanol–water partition coefficient (Wildman–Crippen LogP) is 4.91. The lowest BCUT2D eigenvalue weighted by Gasteiger charge is -2.32. The highest BCUT2D eigenvalue weighted by Crippen LogP contribution is 2.47. The zero-order chi connectivity index (χ0) is 16.7. The summed E-state index contributed by atoms with van der Waals surface area (Å²) in [5.41, 5.74) is 8.05. The summed E-state index contributed by atoms with van der Waals surface area (Å²) >= 11 is 0. The highest BCUT2D eigenvalue weighted by molar-refractivity contribution is 14.0. The molecule has 1 unspecified atom stereocenters. The van der Waals surface area contributed by atoms with E-state index in [9.17, 15) is 0 Å². The van der Waals surface area contributed by atoms with Crippen LogP contribution in [0.5, 0.6) is 0 Å². The Balaban J connectivity index is 0.00000182. The Bertz CT molecular complexity index is 765. The molecular formula is C21H26INO2. The minimum atomic E-state index is 0. The maximum absolute atomic E-state index is 5.83. The standard InChI is InChI=1S/C21H25NO2.HI/c1-4-13-10-15-9-8-14-6-5-7-16-12-22-21(24-3)20(18(14)16)19(15)17(11-13)23-2;/h5-6,8,11,13,22H,4,7,9-10,12H2,1-3H3;1H. The second kappa shape index (κ2) is 7.44. The van der Waals surface area contributed by atoms with Crippen molar-refractivity contribution >= 4 is 24.0 Å². The summed E-state index contributed by atoms with van der Waals surface area (Å²) in [7, 11) is 3.54. The number of hydrogen-bond donors (Lipinski definition) is 1. The van der Waals surface area contributed by atoms with Crippen molar-refractivity contribution in [3.8, 4) is 0 Å². The van der Waals surface area contributed by atoms with Gasteiger partial charge in [0, 0.05) is 12.1 Å². The average Bonchev–Trinajstić information content (AvgIpc) is 2.80. The topological polar surface area (TPSA) is 30.5 Å². The first-order valence-electron chi connectivity index (χ1n) is 8.87. The predicted molar refractivity (Wildman–Crippen MR) is 111 cm³/mol. The first-order chi connectivity index (χ1) is 11.8. The van der Waals surface area contributed by atoms with E-state index in [0.29, 0.717) is 5.92 Å². The molecule has 1 N–H and O–H groups in total. The third kappa shape index (κ3) is 2.98. The second-order valence-corrected chi connectivity index (χ2v) is 6.80. The summed E-state index contributed by atoms with van der Waals surface area (Å²) in [6.07, 6.45) is 13.5. The Morgan fingerprint density at radius 2 is 1.92 bits per heavy atom. The summed E-state index contributed by atoms with van der Waals surface area (Å²) in [5, 5.41) is 3.48. The normalized spacial score (nSPS) is 24.4. The van der Waals surface area contributed by atoms with Gasteiger partial charge in [0.05, 0.1) is 19.8 Å². The van der Waals surface area contributed by atoms with Gasteiger partial charge in [0.1, 0.15) is 5.76 Å². The number of dihydropyridines is 1. The van der Waals surface area contributed by atoms with Crippen molar-refractivity contribution in [1.82, 2.24) is 5.32 Å². The summed E-state index contributed by atoms with van der Waals surface area (Å²) in [4.78, 5) is 0. The summed E-state index contributed by atoms with van der Waals surface area (Å²) in [5.74, 6) is 2.44. The van der Waals surface area contributed by atoms with Crippen LogP contribution in [-0.2, 0) is 9.47 Å². The molecule has 0 aromatic heterocycles. The van der Waals surface area contributed by atoms with Crippen molar-refractivity contribution in [3.63, 3.8) is 0 Å². The van der Waals surface area contributed by atoms with Crippen LogP contribution in [0.2, 0.25) is 0 Å². The van der Waals surface area contributed by atoms with Gasteiger partial charge in [-0.3, -0.25) is 0 Å². The number of rotatable bonds is 3. The van der Waals surface area contributed by atoms with Gasteiger partial charge >= 0.3 is 0 Å². The lowest BCUT2D eigenvalue weighted by molar-refractivity contribution is 0.255. The highest BCUT2D eigenvalue weighted by atomic mass is 127. The fourth-order valence-electron chi connectivity index (χ4n) is 4.27. The molecule has 4 rings (SSSR count). The molecule has 0 fully saturated rings. The molecule has 0 aromatic rings.